The molecule has 0 fully saturated rings. The summed E-state index contributed by atoms with van der Waals surface area (Å²) in [5.74, 6) is 0. The molecule has 3 nitrogen and oxygen atoms in total. The van der Waals surface area contributed by atoms with Crippen LogP contribution < -0.4 is 0 Å². The zero-order chi connectivity index (χ0) is 7.78. The van der Waals surface area contributed by atoms with Crippen molar-refractivity contribution < 1.29 is 0 Å². The number of aromatic nitrogens is 3. The van der Waals surface area contributed by atoms with Crippen molar-refractivity contribution in [3.8, 4) is 0 Å². The summed E-state index contributed by atoms with van der Waals surface area (Å²) in [6, 6.07) is 3.65. The van der Waals surface area contributed by atoms with E-state index in [1.807, 2.05) is 17.5 Å². The average molecular weight is 165 g/mol. The highest BCUT2D eigenvalue weighted by Crippen LogP contribution is 1.85. The monoisotopic (exact) mass is 165 g/mol. The smallest absolute Gasteiger partial charge is 0.0791 e. The standard InChI is InChI=1S/C4H4N2.C3H3NS/c1-2-4-6-5-3-1;1-2-5-3-4-1/h1-4H;1-3H. The highest BCUT2D eigenvalue weighted by Gasteiger charge is 1.60. The Morgan fingerprint density at radius 2 is 1.64 bits per heavy atom. The Hall–Kier alpha value is -1.29. The molecule has 0 spiro atoms. The number of hydrogen-bond donors (Lipinski definition) is 0. The molecular formula is C7H7N3S. The Bertz CT molecular complexity index is 200. The second-order valence-corrected chi connectivity index (χ2v) is 2.34. The average Bonchev–Trinajstić information content (AvgIpc) is 2.64. The van der Waals surface area contributed by atoms with Gasteiger partial charge in [0.2, 0.25) is 0 Å². The lowest BCUT2D eigenvalue weighted by Gasteiger charge is -1.69. The quantitative estimate of drug-likeness (QED) is 0.595. The fourth-order valence-electron chi connectivity index (χ4n) is 0.429. The van der Waals surface area contributed by atoms with Crippen molar-refractivity contribution in [1.82, 2.24) is 15.2 Å². The summed E-state index contributed by atoms with van der Waals surface area (Å²) in [6.45, 7) is 0. The zero-order valence-corrected chi connectivity index (χ0v) is 6.61. The molecule has 0 N–H and O–H groups in total. The fraction of sp³-hybridized carbons (Fsp3) is 0. The second kappa shape index (κ2) is 5.49. The normalized spacial score (nSPS) is 8.00. The van der Waals surface area contributed by atoms with Crippen molar-refractivity contribution in [1.29, 1.82) is 0 Å². The minimum Gasteiger partial charge on any atom is -0.253 e. The fourth-order valence-corrected chi connectivity index (χ4v) is 0.780. The van der Waals surface area contributed by atoms with Gasteiger partial charge in [-0.05, 0) is 12.1 Å². The van der Waals surface area contributed by atoms with Gasteiger partial charge in [0.25, 0.3) is 0 Å². The molecule has 0 radical (unpaired) electrons. The Labute approximate surface area is 68.8 Å². The first-order chi connectivity index (χ1) is 5.50. The Morgan fingerprint density at radius 3 is 1.82 bits per heavy atom. The van der Waals surface area contributed by atoms with E-state index in [1.54, 1.807) is 35.4 Å². The summed E-state index contributed by atoms with van der Waals surface area (Å²) in [7, 11) is 0. The predicted molar refractivity (Wildman–Crippen MR) is 44.1 cm³/mol. The summed E-state index contributed by atoms with van der Waals surface area (Å²) in [5, 5.41) is 9.00. The van der Waals surface area contributed by atoms with Crippen molar-refractivity contribution >= 4 is 11.3 Å². The Kier molecular flexibility index (Phi) is 3.90. The van der Waals surface area contributed by atoms with Gasteiger partial charge >= 0.3 is 0 Å². The van der Waals surface area contributed by atoms with E-state index in [4.69, 9.17) is 0 Å². The van der Waals surface area contributed by atoms with Crippen LogP contribution in [-0.4, -0.2) is 15.2 Å². The molecule has 0 aromatic carbocycles. The summed E-state index contributed by atoms with van der Waals surface area (Å²) in [4.78, 5) is 3.74. The van der Waals surface area contributed by atoms with Crippen molar-refractivity contribution in [2.45, 2.75) is 0 Å². The molecule has 4 heteroatoms. The maximum Gasteiger partial charge on any atom is 0.0791 e. The van der Waals surface area contributed by atoms with Crippen LogP contribution in [0.25, 0.3) is 0 Å². The molecule has 2 heterocycles. The highest BCUT2D eigenvalue weighted by atomic mass is 32.1. The van der Waals surface area contributed by atoms with Gasteiger partial charge in [0.15, 0.2) is 0 Å². The molecule has 2 aromatic heterocycles. The molecule has 0 aliphatic carbocycles. The number of nitrogens with zero attached hydrogens (tertiary/aromatic N) is 3. The molecule has 2 rings (SSSR count). The van der Waals surface area contributed by atoms with Crippen LogP contribution in [0.4, 0.5) is 0 Å². The van der Waals surface area contributed by atoms with Crippen LogP contribution >= 0.6 is 11.3 Å². The van der Waals surface area contributed by atoms with Gasteiger partial charge < -0.3 is 0 Å². The van der Waals surface area contributed by atoms with E-state index in [0.29, 0.717) is 0 Å². The van der Waals surface area contributed by atoms with Gasteiger partial charge in [0.1, 0.15) is 0 Å². The molecular weight excluding hydrogens is 158 g/mol. The van der Waals surface area contributed by atoms with Crippen LogP contribution in [0.15, 0.2) is 41.6 Å². The lowest BCUT2D eigenvalue weighted by atomic mass is 10.6. The largest absolute Gasteiger partial charge is 0.253 e. The summed E-state index contributed by atoms with van der Waals surface area (Å²) < 4.78 is 0. The third-order valence-electron chi connectivity index (χ3n) is 0.830. The van der Waals surface area contributed by atoms with Crippen LogP contribution in [0.2, 0.25) is 0 Å². The van der Waals surface area contributed by atoms with E-state index in [-0.39, 0.29) is 0 Å². The topological polar surface area (TPSA) is 38.7 Å². The molecule has 0 aliphatic heterocycles. The SMILES string of the molecule is c1ccnnc1.c1cscn1. The molecule has 0 aliphatic rings. The van der Waals surface area contributed by atoms with Crippen LogP contribution in [0.5, 0.6) is 0 Å². The first kappa shape index (κ1) is 7.81. The number of rotatable bonds is 0. The van der Waals surface area contributed by atoms with Crippen molar-refractivity contribution in [2.75, 3.05) is 0 Å². The van der Waals surface area contributed by atoms with Crippen LogP contribution in [0, 0.1) is 0 Å². The van der Waals surface area contributed by atoms with Crippen LogP contribution in [0.1, 0.15) is 0 Å². The van der Waals surface area contributed by atoms with Crippen LogP contribution in [0.3, 0.4) is 0 Å². The van der Waals surface area contributed by atoms with Crippen LogP contribution in [-0.2, 0) is 0 Å². The van der Waals surface area contributed by atoms with Gasteiger partial charge in [-0.15, -0.1) is 11.3 Å². The van der Waals surface area contributed by atoms with Gasteiger partial charge in [-0.25, -0.2) is 0 Å². The van der Waals surface area contributed by atoms with E-state index in [0.717, 1.165) is 0 Å². The molecule has 0 unspecified atom stereocenters. The van der Waals surface area contributed by atoms with E-state index >= 15 is 0 Å². The van der Waals surface area contributed by atoms with Gasteiger partial charge in [-0.3, -0.25) is 4.98 Å². The zero-order valence-electron chi connectivity index (χ0n) is 5.79. The number of thiazole rings is 1. The van der Waals surface area contributed by atoms with Gasteiger partial charge in [0, 0.05) is 24.0 Å². The Morgan fingerprint density at radius 1 is 0.909 bits per heavy atom. The first-order valence-electron chi connectivity index (χ1n) is 3.04. The lowest BCUT2D eigenvalue weighted by molar-refractivity contribution is 1.03. The van der Waals surface area contributed by atoms with Crippen molar-refractivity contribution in [3.63, 3.8) is 0 Å². The van der Waals surface area contributed by atoms with E-state index < -0.39 is 0 Å². The third kappa shape index (κ3) is 4.16. The van der Waals surface area contributed by atoms with E-state index in [1.165, 1.54) is 0 Å². The molecule has 0 atom stereocenters. The molecule has 0 saturated carbocycles. The van der Waals surface area contributed by atoms with E-state index in [2.05, 4.69) is 15.2 Å². The molecule has 0 bridgehead atoms. The summed E-state index contributed by atoms with van der Waals surface area (Å²) >= 11 is 1.60. The maximum atomic E-state index is 3.74. The van der Waals surface area contributed by atoms with Crippen molar-refractivity contribution in [2.24, 2.45) is 0 Å². The molecule has 56 valence electrons. The molecule has 11 heavy (non-hydrogen) atoms. The minimum absolute atomic E-state index is 1.60. The van der Waals surface area contributed by atoms with Gasteiger partial charge in [-0.2, -0.15) is 10.2 Å². The van der Waals surface area contributed by atoms with Gasteiger partial charge in [0.05, 0.1) is 5.51 Å². The maximum absolute atomic E-state index is 3.74. The molecule has 0 amide bonds. The minimum atomic E-state index is 1.60. The second-order valence-electron chi connectivity index (χ2n) is 1.59. The van der Waals surface area contributed by atoms with Gasteiger partial charge in [-0.1, -0.05) is 0 Å². The summed E-state index contributed by atoms with van der Waals surface area (Å²) in [5.41, 5.74) is 1.79. The molecule has 0 saturated heterocycles. The molecule has 2 aromatic rings. The Balaban J connectivity index is 0.000000112. The first-order valence-corrected chi connectivity index (χ1v) is 3.98. The summed E-state index contributed by atoms with van der Waals surface area (Å²) in [6.07, 6.45) is 5.05. The van der Waals surface area contributed by atoms with E-state index in [9.17, 15) is 0 Å². The van der Waals surface area contributed by atoms with Crippen molar-refractivity contribution in [3.05, 3.63) is 41.6 Å². The highest BCUT2D eigenvalue weighted by molar-refractivity contribution is 7.07. The number of hydrogen-bond acceptors (Lipinski definition) is 4. The third-order valence-corrected chi connectivity index (χ3v) is 1.35. The lowest BCUT2D eigenvalue weighted by Crippen LogP contribution is -1.69. The predicted octanol–water partition coefficient (Wildman–Crippen LogP) is 1.62.